The van der Waals surface area contributed by atoms with E-state index in [1.165, 1.54) is 11.8 Å². The smallest absolute Gasteiger partial charge is 0.252 e. The Morgan fingerprint density at radius 1 is 1.21 bits per heavy atom. The van der Waals surface area contributed by atoms with Crippen molar-refractivity contribution in [1.29, 1.82) is 0 Å². The van der Waals surface area contributed by atoms with E-state index in [4.69, 9.17) is 11.6 Å². The van der Waals surface area contributed by atoms with E-state index in [0.717, 1.165) is 16.8 Å². The maximum absolute atomic E-state index is 12.6. The molecule has 28 heavy (non-hydrogen) atoms. The summed E-state index contributed by atoms with van der Waals surface area (Å²) >= 11 is 7.57. The number of anilines is 1. The van der Waals surface area contributed by atoms with Gasteiger partial charge in [-0.1, -0.05) is 59.8 Å². The van der Waals surface area contributed by atoms with E-state index in [9.17, 15) is 13.2 Å². The average Bonchev–Trinajstić information content (AvgIpc) is 3.09. The lowest BCUT2D eigenvalue weighted by atomic mass is 10.1. The first-order valence-corrected chi connectivity index (χ1v) is 12.0. The van der Waals surface area contributed by atoms with Gasteiger partial charge in [0.15, 0.2) is 15.0 Å². The van der Waals surface area contributed by atoms with Gasteiger partial charge in [0.05, 0.1) is 24.0 Å². The molecule has 0 unspecified atom stereocenters. The number of sulfone groups is 1. The zero-order valence-corrected chi connectivity index (χ0v) is 17.6. The van der Waals surface area contributed by atoms with Crippen LogP contribution in [0.25, 0.3) is 0 Å². The van der Waals surface area contributed by atoms with Crippen molar-refractivity contribution in [2.45, 2.75) is 24.6 Å². The van der Waals surface area contributed by atoms with Gasteiger partial charge in [-0.3, -0.25) is 4.79 Å². The molecule has 2 fully saturated rings. The van der Waals surface area contributed by atoms with Crippen LogP contribution in [0.3, 0.4) is 0 Å². The molecular weight excluding hydrogens is 416 g/mol. The predicted molar refractivity (Wildman–Crippen MR) is 115 cm³/mol. The molecule has 0 aromatic heterocycles. The van der Waals surface area contributed by atoms with Crippen LogP contribution in [0.1, 0.15) is 11.1 Å². The van der Waals surface area contributed by atoms with Gasteiger partial charge in [-0.05, 0) is 30.2 Å². The average molecular weight is 435 g/mol. The van der Waals surface area contributed by atoms with Crippen LogP contribution < -0.4 is 4.90 Å². The first kappa shape index (κ1) is 19.5. The number of hydrogen-bond acceptors (Lipinski definition) is 4. The number of nitrogens with zero attached hydrogens (tertiary/aromatic N) is 2. The van der Waals surface area contributed by atoms with Crippen molar-refractivity contribution in [2.75, 3.05) is 16.4 Å². The maximum atomic E-state index is 12.6. The minimum atomic E-state index is -3.11. The minimum Gasteiger partial charge on any atom is -0.315 e. The first-order chi connectivity index (χ1) is 13.3. The van der Waals surface area contributed by atoms with E-state index in [2.05, 4.69) is 4.99 Å². The van der Waals surface area contributed by atoms with E-state index in [1.54, 1.807) is 6.07 Å². The third-order valence-electron chi connectivity index (χ3n) is 4.92. The molecule has 0 saturated carbocycles. The topological polar surface area (TPSA) is 66.8 Å². The summed E-state index contributed by atoms with van der Waals surface area (Å²) < 4.78 is 24.3. The van der Waals surface area contributed by atoms with E-state index in [0.29, 0.717) is 10.2 Å². The second kappa shape index (κ2) is 7.54. The zero-order valence-electron chi connectivity index (χ0n) is 15.2. The van der Waals surface area contributed by atoms with Crippen molar-refractivity contribution < 1.29 is 13.2 Å². The third-order valence-corrected chi connectivity index (χ3v) is 8.36. The fraction of sp³-hybridized carbons (Fsp3) is 0.300. The predicted octanol–water partition coefficient (Wildman–Crippen LogP) is 3.49. The van der Waals surface area contributed by atoms with Crippen LogP contribution in [0.2, 0.25) is 5.02 Å². The highest BCUT2D eigenvalue weighted by atomic mass is 35.5. The number of amidine groups is 1. The summed E-state index contributed by atoms with van der Waals surface area (Å²) in [4.78, 5) is 18.8. The molecule has 0 bridgehead atoms. The SMILES string of the molecule is Cc1ccc(Cl)cc1N1C(=NC(=O)Cc2ccccc2)S[C@@H]2CS(=O)(=O)C[C@H]21. The molecule has 2 aromatic rings. The molecule has 2 atom stereocenters. The molecule has 2 heterocycles. The van der Waals surface area contributed by atoms with Crippen LogP contribution in [-0.4, -0.2) is 42.3 Å². The molecule has 0 N–H and O–H groups in total. The van der Waals surface area contributed by atoms with Crippen LogP contribution in [0.5, 0.6) is 0 Å². The monoisotopic (exact) mass is 434 g/mol. The number of aryl methyl sites for hydroxylation is 1. The molecule has 0 radical (unpaired) electrons. The second-order valence-electron chi connectivity index (χ2n) is 7.05. The lowest BCUT2D eigenvalue weighted by Crippen LogP contribution is -2.38. The molecule has 0 spiro atoms. The first-order valence-electron chi connectivity index (χ1n) is 8.90. The Hall–Kier alpha value is -1.83. The van der Waals surface area contributed by atoms with E-state index in [-0.39, 0.29) is 35.1 Å². The van der Waals surface area contributed by atoms with Crippen LogP contribution in [0.4, 0.5) is 5.69 Å². The summed E-state index contributed by atoms with van der Waals surface area (Å²) in [6.07, 6.45) is 0.209. The van der Waals surface area contributed by atoms with Gasteiger partial charge in [0.1, 0.15) is 0 Å². The van der Waals surface area contributed by atoms with Crippen LogP contribution in [0.15, 0.2) is 53.5 Å². The Kier molecular flexibility index (Phi) is 5.24. The Labute approximate surface area is 173 Å². The van der Waals surface area contributed by atoms with Crippen LogP contribution >= 0.6 is 23.4 Å². The number of thioether (sulfide) groups is 1. The number of aliphatic imine (C=N–C) groups is 1. The van der Waals surface area contributed by atoms with Crippen molar-refractivity contribution in [3.05, 3.63) is 64.7 Å². The van der Waals surface area contributed by atoms with Gasteiger partial charge in [0, 0.05) is 16.0 Å². The molecule has 2 aliphatic rings. The largest absolute Gasteiger partial charge is 0.315 e. The Morgan fingerprint density at radius 2 is 1.96 bits per heavy atom. The van der Waals surface area contributed by atoms with Gasteiger partial charge < -0.3 is 4.90 Å². The number of carbonyl (C=O) groups excluding carboxylic acids is 1. The molecule has 4 rings (SSSR count). The highest BCUT2D eigenvalue weighted by molar-refractivity contribution is 8.16. The molecule has 5 nitrogen and oxygen atoms in total. The number of benzene rings is 2. The van der Waals surface area contributed by atoms with Crippen LogP contribution in [0, 0.1) is 6.92 Å². The highest BCUT2D eigenvalue weighted by Gasteiger charge is 2.49. The summed E-state index contributed by atoms with van der Waals surface area (Å²) in [6.45, 7) is 1.94. The summed E-state index contributed by atoms with van der Waals surface area (Å²) in [7, 11) is -3.11. The summed E-state index contributed by atoms with van der Waals surface area (Å²) in [5.74, 6) is -0.0893. The minimum absolute atomic E-state index is 0.0581. The number of fused-ring (bicyclic) bond motifs is 1. The molecule has 2 saturated heterocycles. The van der Waals surface area contributed by atoms with Crippen molar-refractivity contribution in [3.8, 4) is 0 Å². The molecular formula is C20H19ClN2O3S2. The number of amides is 1. The lowest BCUT2D eigenvalue weighted by molar-refractivity contribution is -0.117. The number of halogens is 1. The zero-order chi connectivity index (χ0) is 19.9. The number of hydrogen-bond donors (Lipinski definition) is 0. The molecule has 8 heteroatoms. The van der Waals surface area contributed by atoms with Gasteiger partial charge in [0.25, 0.3) is 5.91 Å². The summed E-state index contributed by atoms with van der Waals surface area (Å²) in [6, 6.07) is 14.7. The van der Waals surface area contributed by atoms with Gasteiger partial charge in [-0.25, -0.2) is 8.42 Å². The molecule has 146 valence electrons. The van der Waals surface area contributed by atoms with E-state index in [1.807, 2.05) is 54.3 Å². The molecule has 0 aliphatic carbocycles. The fourth-order valence-electron chi connectivity index (χ4n) is 3.60. The van der Waals surface area contributed by atoms with Gasteiger partial charge in [-0.2, -0.15) is 4.99 Å². The molecule has 2 aliphatic heterocycles. The van der Waals surface area contributed by atoms with Crippen molar-refractivity contribution in [1.82, 2.24) is 0 Å². The molecule has 1 amide bonds. The maximum Gasteiger partial charge on any atom is 0.252 e. The van der Waals surface area contributed by atoms with E-state index < -0.39 is 9.84 Å². The number of carbonyl (C=O) groups is 1. The van der Waals surface area contributed by atoms with E-state index >= 15 is 0 Å². The molecule has 2 aromatic carbocycles. The van der Waals surface area contributed by atoms with Gasteiger partial charge in [0.2, 0.25) is 0 Å². The Morgan fingerprint density at radius 3 is 2.71 bits per heavy atom. The quantitative estimate of drug-likeness (QED) is 0.739. The van der Waals surface area contributed by atoms with Gasteiger partial charge >= 0.3 is 0 Å². The Balaban J connectivity index is 1.69. The fourth-order valence-corrected chi connectivity index (χ4v) is 7.70. The lowest BCUT2D eigenvalue weighted by Gasteiger charge is -2.26. The number of rotatable bonds is 3. The third kappa shape index (κ3) is 3.97. The Bertz CT molecular complexity index is 1050. The standard InChI is InChI=1S/C20H19ClN2O3S2/c1-13-7-8-15(21)10-16(13)23-17-11-28(25,26)12-18(17)27-20(23)22-19(24)9-14-5-3-2-4-6-14/h2-8,10,17-18H,9,11-12H2,1H3/t17-,18-/m1/s1. The summed E-state index contributed by atoms with van der Waals surface area (Å²) in [5.41, 5.74) is 2.65. The van der Waals surface area contributed by atoms with Crippen molar-refractivity contribution in [3.63, 3.8) is 0 Å². The highest BCUT2D eigenvalue weighted by Crippen LogP contribution is 2.42. The second-order valence-corrected chi connectivity index (χ2v) is 10.8. The van der Waals surface area contributed by atoms with Crippen molar-refractivity contribution >= 4 is 50.0 Å². The normalized spacial score (nSPS) is 24.5. The summed E-state index contributed by atoms with van der Waals surface area (Å²) in [5, 5.41) is 0.979. The van der Waals surface area contributed by atoms with Crippen molar-refractivity contribution in [2.24, 2.45) is 4.99 Å². The van der Waals surface area contributed by atoms with Gasteiger partial charge in [-0.15, -0.1) is 0 Å². The van der Waals surface area contributed by atoms with Crippen LogP contribution in [-0.2, 0) is 21.1 Å².